The Balaban J connectivity index is 1.19. The zero-order chi connectivity index (χ0) is 19.5. The summed E-state index contributed by atoms with van der Waals surface area (Å²) in [5, 5.41) is 9.33. The number of benzene rings is 1. The van der Waals surface area contributed by atoms with E-state index < -0.39 is 5.82 Å². The Morgan fingerprint density at radius 1 is 1.25 bits per heavy atom. The van der Waals surface area contributed by atoms with Crippen LogP contribution in [-0.4, -0.2) is 29.7 Å². The smallest absolute Gasteiger partial charge is 0.225 e. The number of nitrogens with zero attached hydrogens (tertiary/aromatic N) is 4. The van der Waals surface area contributed by atoms with Crippen molar-refractivity contribution in [3.63, 3.8) is 0 Å². The monoisotopic (exact) mass is 400 g/mol. The van der Waals surface area contributed by atoms with Gasteiger partial charge in [-0.25, -0.2) is 14.4 Å². The van der Waals surface area contributed by atoms with Crippen molar-refractivity contribution < 1.29 is 9.13 Å². The van der Waals surface area contributed by atoms with Gasteiger partial charge in [-0.2, -0.15) is 5.26 Å². The molecule has 0 radical (unpaired) electrons. The summed E-state index contributed by atoms with van der Waals surface area (Å²) >= 11 is 5.86. The molecule has 28 heavy (non-hydrogen) atoms. The van der Waals surface area contributed by atoms with Gasteiger partial charge in [-0.05, 0) is 55.6 Å². The molecule has 0 amide bonds. The topological polar surface area (TPSA) is 62.0 Å². The number of aromatic nitrogens is 2. The van der Waals surface area contributed by atoms with Crippen LogP contribution < -0.4 is 9.64 Å². The highest BCUT2D eigenvalue weighted by molar-refractivity contribution is 6.30. The van der Waals surface area contributed by atoms with Gasteiger partial charge in [0, 0.05) is 19.2 Å². The molecule has 1 saturated carbocycles. The maximum atomic E-state index is 13.6. The molecule has 1 saturated heterocycles. The highest BCUT2D eigenvalue weighted by Crippen LogP contribution is 2.49. The highest BCUT2D eigenvalue weighted by Gasteiger charge is 2.43. The molecule has 7 heteroatoms. The van der Waals surface area contributed by atoms with Crippen LogP contribution in [0.1, 0.15) is 31.2 Å². The summed E-state index contributed by atoms with van der Waals surface area (Å²) in [7, 11) is 0. The normalized spacial score (nSPS) is 22.0. The van der Waals surface area contributed by atoms with E-state index in [4.69, 9.17) is 21.6 Å². The average molecular weight is 401 g/mol. The molecule has 1 aliphatic carbocycles. The van der Waals surface area contributed by atoms with E-state index in [1.165, 1.54) is 18.6 Å². The zero-order valence-electron chi connectivity index (χ0n) is 15.5. The standard InChI is InChI=1S/C21H22ClFN4O/c22-17-12-25-21(26-13-17)27-6-3-14(4-7-27)19-9-15(19)5-8-28-18-2-1-16(11-24)20(23)10-18/h1-2,10,12-15,19H,3-9H2/t15-,19+/m0/s1. The lowest BCUT2D eigenvalue weighted by molar-refractivity contribution is 0.283. The van der Waals surface area contributed by atoms with Crippen molar-refractivity contribution in [3.8, 4) is 11.8 Å². The maximum Gasteiger partial charge on any atom is 0.225 e. The molecule has 5 nitrogen and oxygen atoms in total. The van der Waals surface area contributed by atoms with E-state index in [1.807, 2.05) is 6.07 Å². The Labute approximate surface area is 169 Å². The largest absolute Gasteiger partial charge is 0.493 e. The molecule has 1 aliphatic heterocycles. The summed E-state index contributed by atoms with van der Waals surface area (Å²) in [5.41, 5.74) is 0.0462. The Hall–Kier alpha value is -2.39. The van der Waals surface area contributed by atoms with Crippen LogP contribution in [0.3, 0.4) is 0 Å². The predicted molar refractivity (Wildman–Crippen MR) is 105 cm³/mol. The Kier molecular flexibility index (Phi) is 5.63. The first kappa shape index (κ1) is 18.9. The van der Waals surface area contributed by atoms with E-state index in [0.29, 0.717) is 23.3 Å². The number of ether oxygens (including phenoxy) is 1. The number of halogens is 2. The van der Waals surface area contributed by atoms with Gasteiger partial charge < -0.3 is 9.64 Å². The van der Waals surface area contributed by atoms with Crippen LogP contribution in [0, 0.1) is 34.9 Å². The first-order valence-corrected chi connectivity index (χ1v) is 10.1. The average Bonchev–Trinajstić information content (AvgIpc) is 3.48. The first-order valence-electron chi connectivity index (χ1n) is 9.69. The maximum absolute atomic E-state index is 13.6. The molecule has 0 N–H and O–H groups in total. The van der Waals surface area contributed by atoms with Crippen LogP contribution >= 0.6 is 11.6 Å². The van der Waals surface area contributed by atoms with E-state index >= 15 is 0 Å². The molecule has 2 atom stereocenters. The van der Waals surface area contributed by atoms with E-state index in [-0.39, 0.29) is 5.56 Å². The molecule has 146 valence electrons. The van der Waals surface area contributed by atoms with Crippen molar-refractivity contribution in [2.45, 2.75) is 25.7 Å². The summed E-state index contributed by atoms with van der Waals surface area (Å²) in [6.45, 7) is 2.55. The van der Waals surface area contributed by atoms with Gasteiger partial charge in [-0.3, -0.25) is 0 Å². The molecule has 0 unspecified atom stereocenters. The number of hydrogen-bond donors (Lipinski definition) is 0. The van der Waals surface area contributed by atoms with Crippen LogP contribution in [0.25, 0.3) is 0 Å². The minimum absolute atomic E-state index is 0.0462. The lowest BCUT2D eigenvalue weighted by atomic mass is 9.90. The van der Waals surface area contributed by atoms with Crippen LogP contribution in [0.15, 0.2) is 30.6 Å². The molecular weight excluding hydrogens is 379 g/mol. The second kappa shape index (κ2) is 8.32. The molecule has 2 fully saturated rings. The SMILES string of the molecule is N#Cc1ccc(OCC[C@H]2C[C@@H]2C2CCN(c3ncc(Cl)cn3)CC2)cc1F. The van der Waals surface area contributed by atoms with Crippen molar-refractivity contribution in [2.75, 3.05) is 24.6 Å². The number of piperidine rings is 1. The van der Waals surface area contributed by atoms with Gasteiger partial charge in [0.1, 0.15) is 17.6 Å². The fraction of sp³-hybridized carbons (Fsp3) is 0.476. The molecule has 0 spiro atoms. The molecule has 2 heterocycles. The van der Waals surface area contributed by atoms with Gasteiger partial charge in [-0.1, -0.05) is 11.6 Å². The molecule has 1 aromatic carbocycles. The van der Waals surface area contributed by atoms with Crippen molar-refractivity contribution in [1.82, 2.24) is 9.97 Å². The Morgan fingerprint density at radius 3 is 2.68 bits per heavy atom. The third-order valence-electron chi connectivity index (χ3n) is 5.83. The zero-order valence-corrected chi connectivity index (χ0v) is 16.3. The minimum Gasteiger partial charge on any atom is -0.493 e. The quantitative estimate of drug-likeness (QED) is 0.716. The van der Waals surface area contributed by atoms with Crippen LogP contribution in [-0.2, 0) is 0 Å². The van der Waals surface area contributed by atoms with Crippen molar-refractivity contribution >= 4 is 17.5 Å². The third kappa shape index (κ3) is 4.36. The summed E-state index contributed by atoms with van der Waals surface area (Å²) < 4.78 is 19.3. The van der Waals surface area contributed by atoms with Gasteiger partial charge in [0.15, 0.2) is 0 Å². The fourth-order valence-electron chi connectivity index (χ4n) is 4.18. The number of hydrogen-bond acceptors (Lipinski definition) is 5. The van der Waals surface area contributed by atoms with Crippen molar-refractivity contribution in [3.05, 3.63) is 47.0 Å². The minimum atomic E-state index is -0.527. The predicted octanol–water partition coefficient (Wildman–Crippen LogP) is 4.46. The van der Waals surface area contributed by atoms with Gasteiger partial charge in [0.25, 0.3) is 0 Å². The Morgan fingerprint density at radius 2 is 2.00 bits per heavy atom. The number of rotatable bonds is 6. The van der Waals surface area contributed by atoms with E-state index in [0.717, 1.165) is 50.1 Å². The number of anilines is 1. The van der Waals surface area contributed by atoms with Crippen LogP contribution in [0.2, 0.25) is 5.02 Å². The molecule has 1 aromatic heterocycles. The van der Waals surface area contributed by atoms with Crippen LogP contribution in [0.4, 0.5) is 10.3 Å². The summed E-state index contributed by atoms with van der Waals surface area (Å²) in [6.07, 6.45) is 7.86. The first-order chi connectivity index (χ1) is 13.6. The molecular formula is C21H22ClFN4O. The lowest BCUT2D eigenvalue weighted by Gasteiger charge is -2.32. The Bertz CT molecular complexity index is 862. The van der Waals surface area contributed by atoms with Gasteiger partial charge in [-0.15, -0.1) is 0 Å². The van der Waals surface area contributed by atoms with Crippen molar-refractivity contribution in [1.29, 1.82) is 5.26 Å². The highest BCUT2D eigenvalue weighted by atomic mass is 35.5. The van der Waals surface area contributed by atoms with Crippen molar-refractivity contribution in [2.24, 2.45) is 17.8 Å². The van der Waals surface area contributed by atoms with E-state index in [9.17, 15) is 4.39 Å². The summed E-state index contributed by atoms with van der Waals surface area (Å²) in [4.78, 5) is 10.9. The summed E-state index contributed by atoms with van der Waals surface area (Å²) in [6, 6.07) is 6.22. The second-order valence-electron chi connectivity index (χ2n) is 7.58. The molecule has 0 bridgehead atoms. The van der Waals surface area contributed by atoms with Crippen LogP contribution in [0.5, 0.6) is 5.75 Å². The summed E-state index contributed by atoms with van der Waals surface area (Å²) in [5.74, 6) is 2.95. The van der Waals surface area contributed by atoms with Gasteiger partial charge >= 0.3 is 0 Å². The van der Waals surface area contributed by atoms with E-state index in [2.05, 4.69) is 14.9 Å². The third-order valence-corrected chi connectivity index (χ3v) is 6.03. The fourth-order valence-corrected chi connectivity index (χ4v) is 4.28. The lowest BCUT2D eigenvalue weighted by Crippen LogP contribution is -2.35. The second-order valence-corrected chi connectivity index (χ2v) is 8.01. The number of nitriles is 1. The molecule has 2 aliphatic rings. The van der Waals surface area contributed by atoms with Gasteiger partial charge in [0.2, 0.25) is 5.95 Å². The van der Waals surface area contributed by atoms with E-state index in [1.54, 1.807) is 18.5 Å². The van der Waals surface area contributed by atoms with Gasteiger partial charge in [0.05, 0.1) is 29.6 Å². The molecule has 2 aromatic rings. The molecule has 4 rings (SSSR count).